The molecule has 0 radical (unpaired) electrons. The molecule has 1 fully saturated rings. The van der Waals surface area contributed by atoms with E-state index in [4.69, 9.17) is 18.9 Å². The molecule has 2 aromatic rings. The van der Waals surface area contributed by atoms with Crippen molar-refractivity contribution < 1.29 is 33.6 Å². The number of nitrogens with zero attached hydrogens (tertiary/aromatic N) is 1. The van der Waals surface area contributed by atoms with E-state index in [0.29, 0.717) is 41.4 Å². The standard InChI is InChI=1S/C26H31NO7/c1-15-8-9-16(2)18(12-15)23(28)21-22(27(10-7-11-31-3)26(30)24(21)29)17-13-19(32-4)25(34-6)20(14-17)33-5/h8-9,12-14,22,28H,7,10-11H2,1-6H3. The van der Waals surface area contributed by atoms with Gasteiger partial charge in [0.25, 0.3) is 11.7 Å². The summed E-state index contributed by atoms with van der Waals surface area (Å²) < 4.78 is 21.5. The monoisotopic (exact) mass is 469 g/mol. The van der Waals surface area contributed by atoms with E-state index >= 15 is 0 Å². The van der Waals surface area contributed by atoms with E-state index in [9.17, 15) is 14.7 Å². The smallest absolute Gasteiger partial charge is 0.295 e. The second kappa shape index (κ2) is 10.6. The first-order chi connectivity index (χ1) is 16.3. The number of aliphatic hydroxyl groups excluding tert-OH is 1. The lowest BCUT2D eigenvalue weighted by molar-refractivity contribution is -0.140. The number of ether oxygens (including phenoxy) is 4. The van der Waals surface area contributed by atoms with Crippen molar-refractivity contribution in [1.82, 2.24) is 4.90 Å². The SMILES string of the molecule is COCCCN1C(=O)C(=O)C(=C(O)c2cc(C)ccc2C)C1c1cc(OC)c(OC)c(OC)c1. The Balaban J connectivity index is 2.27. The maximum atomic E-state index is 13.2. The van der Waals surface area contributed by atoms with Crippen LogP contribution in [0.15, 0.2) is 35.9 Å². The number of Topliss-reactive ketones (excluding diaryl/α,β-unsaturated/α-hetero) is 1. The zero-order chi connectivity index (χ0) is 25.0. The van der Waals surface area contributed by atoms with E-state index in [-0.39, 0.29) is 17.9 Å². The van der Waals surface area contributed by atoms with Gasteiger partial charge in [0.05, 0.1) is 32.9 Å². The highest BCUT2D eigenvalue weighted by Gasteiger charge is 2.46. The summed E-state index contributed by atoms with van der Waals surface area (Å²) in [7, 11) is 6.06. The maximum Gasteiger partial charge on any atom is 0.295 e. The molecule has 182 valence electrons. The number of ketones is 1. The van der Waals surface area contributed by atoms with Gasteiger partial charge >= 0.3 is 0 Å². The molecule has 0 aliphatic carbocycles. The van der Waals surface area contributed by atoms with E-state index in [1.54, 1.807) is 25.3 Å². The summed E-state index contributed by atoms with van der Waals surface area (Å²) in [5.74, 6) is -0.486. The predicted molar refractivity (Wildman–Crippen MR) is 128 cm³/mol. The lowest BCUT2D eigenvalue weighted by Gasteiger charge is -2.26. The average Bonchev–Trinajstić information content (AvgIpc) is 3.09. The fraction of sp³-hybridized carbons (Fsp3) is 0.385. The molecule has 1 unspecified atom stereocenters. The number of aryl methyl sites for hydroxylation is 2. The Hall–Kier alpha value is -3.52. The van der Waals surface area contributed by atoms with Gasteiger partial charge in [0.1, 0.15) is 5.76 Å². The third-order valence-corrected chi connectivity index (χ3v) is 5.94. The quantitative estimate of drug-likeness (QED) is 0.258. The minimum Gasteiger partial charge on any atom is -0.507 e. The minimum atomic E-state index is -0.842. The molecule has 0 spiro atoms. The molecular weight excluding hydrogens is 438 g/mol. The predicted octanol–water partition coefficient (Wildman–Crippen LogP) is 3.79. The van der Waals surface area contributed by atoms with E-state index in [1.807, 2.05) is 26.0 Å². The molecule has 2 aromatic carbocycles. The van der Waals surface area contributed by atoms with Crippen LogP contribution in [0.1, 0.15) is 34.7 Å². The third kappa shape index (κ3) is 4.59. The summed E-state index contributed by atoms with van der Waals surface area (Å²) in [5.41, 5.74) is 2.79. The highest BCUT2D eigenvalue weighted by molar-refractivity contribution is 6.46. The molecule has 1 amide bonds. The Kier molecular flexibility index (Phi) is 7.83. The van der Waals surface area contributed by atoms with Crippen molar-refractivity contribution in [3.05, 3.63) is 58.2 Å². The van der Waals surface area contributed by atoms with Crippen molar-refractivity contribution in [3.8, 4) is 17.2 Å². The number of likely N-dealkylation sites (tertiary alicyclic amines) is 1. The summed E-state index contributed by atoms with van der Waals surface area (Å²) in [6.45, 7) is 4.43. The molecule has 8 nitrogen and oxygen atoms in total. The van der Waals surface area contributed by atoms with E-state index in [2.05, 4.69) is 0 Å². The van der Waals surface area contributed by atoms with Gasteiger partial charge in [-0.3, -0.25) is 9.59 Å². The fourth-order valence-corrected chi connectivity index (χ4v) is 4.23. The molecule has 1 aliphatic rings. The van der Waals surface area contributed by atoms with Gasteiger partial charge in [0.15, 0.2) is 11.5 Å². The zero-order valence-electron chi connectivity index (χ0n) is 20.4. The molecule has 1 N–H and O–H groups in total. The van der Waals surface area contributed by atoms with Crippen molar-refractivity contribution in [1.29, 1.82) is 0 Å². The van der Waals surface area contributed by atoms with Gasteiger partial charge in [-0.05, 0) is 49.6 Å². The van der Waals surface area contributed by atoms with Crippen LogP contribution in [0.4, 0.5) is 0 Å². The van der Waals surface area contributed by atoms with Crippen LogP contribution in [0, 0.1) is 13.8 Å². The Bertz CT molecular complexity index is 1100. The summed E-state index contributed by atoms with van der Waals surface area (Å²) in [6, 6.07) is 8.13. The van der Waals surface area contributed by atoms with Gasteiger partial charge in [-0.2, -0.15) is 0 Å². The molecule has 1 atom stereocenters. The topological polar surface area (TPSA) is 94.5 Å². The number of benzene rings is 2. The van der Waals surface area contributed by atoms with Crippen LogP contribution in [0.25, 0.3) is 5.76 Å². The van der Waals surface area contributed by atoms with Crippen LogP contribution in [0.3, 0.4) is 0 Å². The summed E-state index contributed by atoms with van der Waals surface area (Å²) >= 11 is 0. The van der Waals surface area contributed by atoms with Gasteiger partial charge in [0.2, 0.25) is 5.75 Å². The number of carbonyl (C=O) groups excluding carboxylic acids is 2. The maximum absolute atomic E-state index is 13.2. The van der Waals surface area contributed by atoms with Gasteiger partial charge in [-0.25, -0.2) is 0 Å². The first-order valence-electron chi connectivity index (χ1n) is 10.9. The minimum absolute atomic E-state index is 0.0189. The van der Waals surface area contributed by atoms with Crippen LogP contribution >= 0.6 is 0 Å². The second-order valence-corrected chi connectivity index (χ2v) is 8.12. The van der Waals surface area contributed by atoms with Gasteiger partial charge < -0.3 is 29.0 Å². The zero-order valence-corrected chi connectivity index (χ0v) is 20.4. The molecule has 34 heavy (non-hydrogen) atoms. The van der Waals surface area contributed by atoms with Crippen LogP contribution in [-0.2, 0) is 14.3 Å². The first-order valence-corrected chi connectivity index (χ1v) is 10.9. The van der Waals surface area contributed by atoms with E-state index in [0.717, 1.165) is 11.1 Å². The average molecular weight is 470 g/mol. The largest absolute Gasteiger partial charge is 0.507 e. The summed E-state index contributed by atoms with van der Waals surface area (Å²) in [6.07, 6.45) is 0.522. The van der Waals surface area contributed by atoms with Crippen LogP contribution in [-0.4, -0.2) is 63.3 Å². The first kappa shape index (κ1) is 25.1. The number of hydrogen-bond acceptors (Lipinski definition) is 7. The van der Waals surface area contributed by atoms with Crippen molar-refractivity contribution in [2.45, 2.75) is 26.3 Å². The highest BCUT2D eigenvalue weighted by atomic mass is 16.5. The Labute approximate surface area is 199 Å². The van der Waals surface area contributed by atoms with Crippen molar-refractivity contribution in [3.63, 3.8) is 0 Å². The number of hydrogen-bond donors (Lipinski definition) is 1. The van der Waals surface area contributed by atoms with E-state index in [1.165, 1.54) is 26.2 Å². The van der Waals surface area contributed by atoms with Gasteiger partial charge in [0, 0.05) is 25.8 Å². The third-order valence-electron chi connectivity index (χ3n) is 5.94. The normalized spacial score (nSPS) is 17.2. The van der Waals surface area contributed by atoms with Crippen LogP contribution < -0.4 is 14.2 Å². The Morgan fingerprint density at radius 1 is 0.971 bits per heavy atom. The Morgan fingerprint density at radius 3 is 2.18 bits per heavy atom. The van der Waals surface area contributed by atoms with Crippen molar-refractivity contribution in [2.75, 3.05) is 41.6 Å². The highest BCUT2D eigenvalue weighted by Crippen LogP contribution is 2.46. The number of amides is 1. The summed E-state index contributed by atoms with van der Waals surface area (Å²) in [4.78, 5) is 27.8. The lowest BCUT2D eigenvalue weighted by atomic mass is 9.93. The molecular formula is C26H31NO7. The molecule has 8 heteroatoms. The number of carbonyl (C=O) groups is 2. The molecule has 3 rings (SSSR count). The fourth-order valence-electron chi connectivity index (χ4n) is 4.23. The summed E-state index contributed by atoms with van der Waals surface area (Å²) in [5, 5.41) is 11.4. The number of aliphatic hydroxyl groups is 1. The van der Waals surface area contributed by atoms with Crippen LogP contribution in [0.2, 0.25) is 0 Å². The molecule has 1 heterocycles. The lowest BCUT2D eigenvalue weighted by Crippen LogP contribution is -2.31. The van der Waals surface area contributed by atoms with Gasteiger partial charge in [-0.1, -0.05) is 17.7 Å². The number of methoxy groups -OCH3 is 4. The number of rotatable bonds is 9. The molecule has 0 saturated carbocycles. The van der Waals surface area contributed by atoms with Crippen molar-refractivity contribution in [2.24, 2.45) is 0 Å². The van der Waals surface area contributed by atoms with E-state index < -0.39 is 17.7 Å². The Morgan fingerprint density at radius 2 is 1.62 bits per heavy atom. The molecule has 0 bridgehead atoms. The molecule has 1 aliphatic heterocycles. The second-order valence-electron chi connectivity index (χ2n) is 8.12. The van der Waals surface area contributed by atoms with Crippen molar-refractivity contribution >= 4 is 17.4 Å². The van der Waals surface area contributed by atoms with Gasteiger partial charge in [-0.15, -0.1) is 0 Å². The molecule has 1 saturated heterocycles. The van der Waals surface area contributed by atoms with Crippen LogP contribution in [0.5, 0.6) is 17.2 Å². The molecule has 0 aromatic heterocycles.